The Morgan fingerprint density at radius 3 is 1.53 bits per heavy atom. The highest BCUT2D eigenvalue weighted by Crippen LogP contribution is 2.31. The predicted molar refractivity (Wildman–Crippen MR) is 266 cm³/mol. The van der Waals surface area contributed by atoms with Crippen LogP contribution in [0.4, 0.5) is 19.2 Å². The zero-order valence-corrected chi connectivity index (χ0v) is 42.3. The fourth-order valence-corrected chi connectivity index (χ4v) is 10.7. The Labute approximate surface area is 400 Å². The van der Waals surface area contributed by atoms with Crippen LogP contribution in [-0.2, 0) is 27.4 Å². The van der Waals surface area contributed by atoms with E-state index >= 15 is 0 Å². The standard InChI is InChI=1S/C27H45N3O3S.C23H37N3O5S/c1-5-6-7-8-9-10-18-28-25(31)30-20-16-24(17-21-30)34-23-13-11-22(12-14-23)15-19-29-26(32)33-27(2,3)4;1-2-3-4-5-6-7-15-24-22(27)26-17-13-21(14-18-26)32(30,31)20-10-8-19(9-11-20)12-16-25-23(28)29/h11-14,24H,5-10,15-21H2,1-4H3,(H,28,31)(H,29,32);8-11,21,25H,2-7,12-18H2,1H3,(H,24,27)(H,28,29). The molecule has 16 heteroatoms. The summed E-state index contributed by atoms with van der Waals surface area (Å²) in [4.78, 5) is 52.2. The monoisotopic (exact) mass is 959 g/mol. The maximum absolute atomic E-state index is 13.0. The molecule has 0 radical (unpaired) electrons. The Morgan fingerprint density at radius 2 is 1.06 bits per heavy atom. The van der Waals surface area contributed by atoms with E-state index in [1.54, 1.807) is 29.2 Å². The number of carboxylic acid groups (broad SMARTS) is 1. The van der Waals surface area contributed by atoms with Crippen LogP contribution in [0, 0.1) is 0 Å². The van der Waals surface area contributed by atoms with Gasteiger partial charge in [0.15, 0.2) is 9.84 Å². The van der Waals surface area contributed by atoms with E-state index in [2.05, 4.69) is 59.4 Å². The first kappa shape index (κ1) is 56.1. The molecule has 2 aromatic rings. The number of likely N-dealkylation sites (tertiary alicyclic amines) is 2. The van der Waals surface area contributed by atoms with Crippen molar-refractivity contribution in [2.75, 3.05) is 52.4 Å². The van der Waals surface area contributed by atoms with Gasteiger partial charge >= 0.3 is 24.2 Å². The van der Waals surface area contributed by atoms with Crippen LogP contribution in [0.25, 0.3) is 0 Å². The number of carbonyl (C=O) groups is 4. The molecule has 0 bridgehead atoms. The summed E-state index contributed by atoms with van der Waals surface area (Å²) in [5, 5.41) is 19.8. The molecule has 2 aromatic carbocycles. The van der Waals surface area contributed by atoms with Gasteiger partial charge in [0.25, 0.3) is 0 Å². The van der Waals surface area contributed by atoms with Crippen LogP contribution < -0.4 is 21.3 Å². The van der Waals surface area contributed by atoms with Crippen molar-refractivity contribution in [3.05, 3.63) is 59.7 Å². The largest absolute Gasteiger partial charge is 0.465 e. The zero-order chi connectivity index (χ0) is 48.2. The molecule has 0 atom stereocenters. The quantitative estimate of drug-likeness (QED) is 0.0639. The van der Waals surface area contributed by atoms with Crippen LogP contribution in [0.3, 0.4) is 0 Å². The van der Waals surface area contributed by atoms with Gasteiger partial charge in [-0.15, -0.1) is 11.8 Å². The number of benzene rings is 2. The number of hydrogen-bond donors (Lipinski definition) is 5. The third-order valence-corrected chi connectivity index (χ3v) is 15.4. The van der Waals surface area contributed by atoms with Crippen molar-refractivity contribution in [2.24, 2.45) is 0 Å². The average Bonchev–Trinajstić information content (AvgIpc) is 3.29. The first-order valence-electron chi connectivity index (χ1n) is 24.7. The lowest BCUT2D eigenvalue weighted by Gasteiger charge is -2.31. The average molecular weight is 959 g/mol. The lowest BCUT2D eigenvalue weighted by molar-refractivity contribution is 0.0528. The van der Waals surface area contributed by atoms with Crippen LogP contribution >= 0.6 is 11.8 Å². The van der Waals surface area contributed by atoms with E-state index in [0.29, 0.717) is 50.7 Å². The summed E-state index contributed by atoms with van der Waals surface area (Å²) in [6.07, 6.45) is 17.2. The Morgan fingerprint density at radius 1 is 0.621 bits per heavy atom. The fraction of sp³-hybridized carbons (Fsp3) is 0.680. The lowest BCUT2D eigenvalue weighted by atomic mass is 10.1. The maximum Gasteiger partial charge on any atom is 0.407 e. The minimum Gasteiger partial charge on any atom is -0.465 e. The molecule has 0 aromatic heterocycles. The van der Waals surface area contributed by atoms with Crippen LogP contribution in [0.1, 0.15) is 148 Å². The highest BCUT2D eigenvalue weighted by molar-refractivity contribution is 8.00. The van der Waals surface area contributed by atoms with Gasteiger partial charge in [0.05, 0.1) is 10.1 Å². The normalized spacial score (nSPS) is 14.7. The number of sulfone groups is 1. The van der Waals surface area contributed by atoms with E-state index in [9.17, 15) is 27.6 Å². The van der Waals surface area contributed by atoms with Crippen molar-refractivity contribution in [1.82, 2.24) is 31.1 Å². The number of nitrogens with zero attached hydrogens (tertiary/aromatic N) is 2. The molecular weight excluding hydrogens is 877 g/mol. The van der Waals surface area contributed by atoms with Crippen molar-refractivity contribution in [2.45, 2.75) is 176 Å². The van der Waals surface area contributed by atoms with Crippen molar-refractivity contribution >= 4 is 45.8 Å². The zero-order valence-electron chi connectivity index (χ0n) is 40.7. The molecule has 5 N–H and O–H groups in total. The van der Waals surface area contributed by atoms with Gasteiger partial charge < -0.3 is 40.9 Å². The molecule has 6 amide bonds. The molecule has 372 valence electrons. The van der Waals surface area contributed by atoms with Gasteiger partial charge in [-0.3, -0.25) is 0 Å². The number of carbonyl (C=O) groups excluding carboxylic acids is 3. The number of unbranched alkanes of at least 4 members (excludes halogenated alkanes) is 10. The molecule has 4 rings (SSSR count). The van der Waals surface area contributed by atoms with E-state index in [4.69, 9.17) is 9.84 Å². The Bertz CT molecular complexity index is 1810. The first-order valence-corrected chi connectivity index (χ1v) is 27.1. The van der Waals surface area contributed by atoms with Crippen molar-refractivity contribution in [3.63, 3.8) is 0 Å². The highest BCUT2D eigenvalue weighted by atomic mass is 32.2. The van der Waals surface area contributed by atoms with Crippen LogP contribution in [0.5, 0.6) is 0 Å². The number of urea groups is 2. The molecule has 2 heterocycles. The second-order valence-corrected chi connectivity index (χ2v) is 22.1. The Kier molecular flexibility index (Phi) is 26.4. The number of hydrogen-bond acceptors (Lipinski definition) is 8. The number of rotatable bonds is 24. The topological polar surface area (TPSA) is 186 Å². The number of piperidine rings is 2. The van der Waals surface area contributed by atoms with Crippen LogP contribution in [0.15, 0.2) is 58.3 Å². The van der Waals surface area contributed by atoms with Crippen molar-refractivity contribution in [3.8, 4) is 0 Å². The summed E-state index contributed by atoms with van der Waals surface area (Å²) in [5.41, 5.74) is 1.59. The highest BCUT2D eigenvalue weighted by Gasteiger charge is 2.33. The summed E-state index contributed by atoms with van der Waals surface area (Å²) in [6, 6.07) is 15.2. The third-order valence-electron chi connectivity index (χ3n) is 11.8. The van der Waals surface area contributed by atoms with Gasteiger partial charge in [-0.25, -0.2) is 27.6 Å². The predicted octanol–water partition coefficient (Wildman–Crippen LogP) is 10.2. The van der Waals surface area contributed by atoms with Gasteiger partial charge in [-0.1, -0.05) is 102 Å². The van der Waals surface area contributed by atoms with Crippen LogP contribution in [0.2, 0.25) is 0 Å². The SMILES string of the molecule is CCCCCCCCNC(=O)N1CCC(S(=O)(=O)c2ccc(CCNC(=O)O)cc2)CC1.CCCCCCCCNC(=O)N1CCC(Sc2ccc(CCNC(=O)OC(C)(C)C)cc2)CC1. The second-order valence-electron chi connectivity index (χ2n) is 18.5. The third kappa shape index (κ3) is 23.0. The molecule has 2 aliphatic heterocycles. The minimum atomic E-state index is -3.46. The van der Waals surface area contributed by atoms with E-state index in [1.165, 1.54) is 68.2 Å². The second kappa shape index (κ2) is 31.0. The van der Waals surface area contributed by atoms with Crippen molar-refractivity contribution < 1.29 is 37.4 Å². The first-order chi connectivity index (χ1) is 31.6. The van der Waals surface area contributed by atoms with Gasteiger partial charge in [0.2, 0.25) is 0 Å². The molecule has 2 aliphatic rings. The summed E-state index contributed by atoms with van der Waals surface area (Å²) < 4.78 is 31.2. The maximum atomic E-state index is 13.0. The summed E-state index contributed by atoms with van der Waals surface area (Å²) in [5.74, 6) is 0. The van der Waals surface area contributed by atoms with Gasteiger partial charge in [0.1, 0.15) is 5.60 Å². The van der Waals surface area contributed by atoms with E-state index < -0.39 is 26.8 Å². The molecule has 0 saturated carbocycles. The number of thioether (sulfide) groups is 1. The Hall–Kier alpha value is -4.18. The minimum absolute atomic E-state index is 0.0985. The van der Waals surface area contributed by atoms with Gasteiger partial charge in [-0.2, -0.15) is 0 Å². The van der Waals surface area contributed by atoms with Crippen molar-refractivity contribution in [1.29, 1.82) is 0 Å². The van der Waals surface area contributed by atoms with E-state index in [0.717, 1.165) is 63.7 Å². The smallest absolute Gasteiger partial charge is 0.407 e. The number of amides is 6. The molecule has 2 saturated heterocycles. The lowest BCUT2D eigenvalue weighted by Crippen LogP contribution is -2.47. The number of ether oxygens (including phenoxy) is 1. The summed E-state index contributed by atoms with van der Waals surface area (Å²) >= 11 is 1.90. The molecule has 14 nitrogen and oxygen atoms in total. The molecule has 66 heavy (non-hydrogen) atoms. The molecule has 0 spiro atoms. The fourth-order valence-electron chi connectivity index (χ4n) is 7.87. The summed E-state index contributed by atoms with van der Waals surface area (Å²) in [6.45, 7) is 14.8. The van der Waals surface area contributed by atoms with E-state index in [-0.39, 0.29) is 29.6 Å². The van der Waals surface area contributed by atoms with E-state index in [1.807, 2.05) is 37.4 Å². The van der Waals surface area contributed by atoms with Crippen LogP contribution in [-0.4, -0.2) is 116 Å². The summed E-state index contributed by atoms with van der Waals surface area (Å²) in [7, 11) is -3.46. The molecular formula is C50H82N6O8S2. The molecule has 2 fully saturated rings. The van der Waals surface area contributed by atoms with Gasteiger partial charge in [-0.05, 0) is 108 Å². The molecule has 0 unspecified atom stereocenters. The molecule has 0 aliphatic carbocycles. The number of nitrogens with one attached hydrogen (secondary N) is 4. The number of alkyl carbamates (subject to hydrolysis) is 1. The van der Waals surface area contributed by atoms with Gasteiger partial charge in [0, 0.05) is 62.5 Å². The Balaban J connectivity index is 0.000000351.